The number of rotatable bonds is 3. The van der Waals surface area contributed by atoms with Crippen LogP contribution in [0.15, 0.2) is 12.4 Å². The molecule has 17 heavy (non-hydrogen) atoms. The second-order valence-electron chi connectivity index (χ2n) is 3.17. The van der Waals surface area contributed by atoms with Crippen LogP contribution in [0.1, 0.15) is 16.2 Å². The number of amides is 1. The predicted molar refractivity (Wildman–Crippen MR) is 57.7 cm³/mol. The van der Waals surface area contributed by atoms with Gasteiger partial charge >= 0.3 is 6.01 Å². The number of hydrogen-bond donors (Lipinski definition) is 2. The molecule has 2 N–H and O–H groups in total. The van der Waals surface area contributed by atoms with E-state index in [1.54, 1.807) is 6.92 Å². The summed E-state index contributed by atoms with van der Waals surface area (Å²) in [6.07, 6.45) is 2.90. The minimum atomic E-state index is -0.420. The molecule has 0 saturated heterocycles. The zero-order chi connectivity index (χ0) is 12.3. The average molecular weight is 234 g/mol. The first-order chi connectivity index (χ1) is 8.19. The van der Waals surface area contributed by atoms with Crippen LogP contribution in [0.2, 0.25) is 0 Å². The van der Waals surface area contributed by atoms with Crippen LogP contribution in [0.25, 0.3) is 0 Å². The molecule has 0 saturated carbocycles. The highest BCUT2D eigenvalue weighted by Crippen LogP contribution is 2.05. The molecule has 0 unspecified atom stereocenters. The van der Waals surface area contributed by atoms with E-state index in [0.29, 0.717) is 0 Å². The normalized spacial score (nSPS) is 10.0. The summed E-state index contributed by atoms with van der Waals surface area (Å²) in [6.45, 7) is 1.79. The fourth-order valence-electron chi connectivity index (χ4n) is 1.08. The zero-order valence-electron chi connectivity index (χ0n) is 9.26. The highest BCUT2D eigenvalue weighted by molar-refractivity contribution is 6.01. The molecule has 88 valence electrons. The summed E-state index contributed by atoms with van der Waals surface area (Å²) in [7, 11) is 1.43. The third-order valence-corrected chi connectivity index (χ3v) is 1.89. The average Bonchev–Trinajstić information content (AvgIpc) is 2.77. The van der Waals surface area contributed by atoms with Gasteiger partial charge < -0.3 is 4.74 Å². The van der Waals surface area contributed by atoms with Crippen molar-refractivity contribution in [3.05, 3.63) is 23.8 Å². The van der Waals surface area contributed by atoms with Gasteiger partial charge in [0.05, 0.1) is 19.0 Å². The summed E-state index contributed by atoms with van der Waals surface area (Å²) < 4.78 is 4.77. The number of aryl methyl sites for hydroxylation is 1. The number of carbonyl (C=O) groups is 1. The molecular formula is C9H10N6O2. The topological polar surface area (TPSA) is 106 Å². The van der Waals surface area contributed by atoms with Crippen molar-refractivity contribution in [3.63, 3.8) is 0 Å². The number of nitrogens with one attached hydrogen (secondary N) is 2. The standard InChI is InChI=1S/C9H10N6O2/c1-5-3-11-6(4-10-5)7(16)12-8-13-9(17-2)15-14-8/h3-4H,1-2H3,(H2,12,13,14,15,16). The van der Waals surface area contributed by atoms with Crippen LogP contribution < -0.4 is 10.1 Å². The Hall–Kier alpha value is -2.51. The number of aromatic nitrogens is 5. The molecule has 8 heteroatoms. The number of anilines is 1. The summed E-state index contributed by atoms with van der Waals surface area (Å²) in [4.78, 5) is 23.4. The first-order valence-corrected chi connectivity index (χ1v) is 4.75. The Morgan fingerprint density at radius 3 is 2.82 bits per heavy atom. The van der Waals surface area contributed by atoms with Gasteiger partial charge in [-0.15, -0.1) is 5.10 Å². The van der Waals surface area contributed by atoms with Crippen LogP contribution in [0.3, 0.4) is 0 Å². The number of hydrogen-bond acceptors (Lipinski definition) is 6. The molecule has 0 spiro atoms. The molecule has 0 aliphatic heterocycles. The third kappa shape index (κ3) is 2.54. The van der Waals surface area contributed by atoms with Crippen molar-refractivity contribution >= 4 is 11.9 Å². The SMILES string of the molecule is COc1n[nH]c(NC(=O)c2cnc(C)cn2)n1. The van der Waals surface area contributed by atoms with Crippen LogP contribution in [0, 0.1) is 6.92 Å². The highest BCUT2D eigenvalue weighted by atomic mass is 16.5. The van der Waals surface area contributed by atoms with Crippen LogP contribution in [0.5, 0.6) is 6.01 Å². The van der Waals surface area contributed by atoms with Crippen LogP contribution in [0.4, 0.5) is 5.95 Å². The van der Waals surface area contributed by atoms with E-state index in [2.05, 4.69) is 30.5 Å². The van der Waals surface area contributed by atoms with Crippen LogP contribution in [-0.2, 0) is 0 Å². The molecule has 0 aromatic carbocycles. The Kier molecular flexibility index (Phi) is 2.95. The van der Waals surface area contributed by atoms with Gasteiger partial charge in [-0.3, -0.25) is 15.1 Å². The Morgan fingerprint density at radius 1 is 1.41 bits per heavy atom. The summed E-state index contributed by atoms with van der Waals surface area (Å²) in [5.41, 5.74) is 0.939. The molecule has 2 aromatic rings. The van der Waals surface area contributed by atoms with E-state index < -0.39 is 5.91 Å². The van der Waals surface area contributed by atoms with E-state index in [4.69, 9.17) is 4.74 Å². The van der Waals surface area contributed by atoms with Gasteiger partial charge in [-0.2, -0.15) is 4.98 Å². The Balaban J connectivity index is 2.08. The fraction of sp³-hybridized carbons (Fsp3) is 0.222. The lowest BCUT2D eigenvalue weighted by Crippen LogP contribution is -2.15. The predicted octanol–water partition coefficient (Wildman–Crippen LogP) is 0.164. The second-order valence-corrected chi connectivity index (χ2v) is 3.17. The van der Waals surface area contributed by atoms with Gasteiger partial charge in [0.1, 0.15) is 5.69 Å². The van der Waals surface area contributed by atoms with Crippen molar-refractivity contribution in [2.24, 2.45) is 0 Å². The van der Waals surface area contributed by atoms with Crippen LogP contribution in [-0.4, -0.2) is 38.2 Å². The lowest BCUT2D eigenvalue weighted by atomic mass is 10.4. The first-order valence-electron chi connectivity index (χ1n) is 4.75. The Morgan fingerprint density at radius 2 is 2.24 bits per heavy atom. The largest absolute Gasteiger partial charge is 0.466 e. The van der Waals surface area contributed by atoms with Crippen molar-refractivity contribution in [1.29, 1.82) is 0 Å². The van der Waals surface area contributed by atoms with E-state index in [1.165, 1.54) is 19.5 Å². The molecule has 0 fully saturated rings. The number of methoxy groups -OCH3 is 1. The zero-order valence-corrected chi connectivity index (χ0v) is 9.26. The van der Waals surface area contributed by atoms with Crippen LogP contribution >= 0.6 is 0 Å². The van der Waals surface area contributed by atoms with Gasteiger partial charge in [0.15, 0.2) is 0 Å². The monoisotopic (exact) mass is 234 g/mol. The lowest BCUT2D eigenvalue weighted by molar-refractivity contribution is 0.102. The van der Waals surface area contributed by atoms with Gasteiger partial charge in [-0.1, -0.05) is 0 Å². The fourth-order valence-corrected chi connectivity index (χ4v) is 1.08. The molecule has 8 nitrogen and oxygen atoms in total. The maximum atomic E-state index is 11.7. The van der Waals surface area contributed by atoms with Crippen molar-refractivity contribution in [2.75, 3.05) is 12.4 Å². The summed E-state index contributed by atoms with van der Waals surface area (Å²) in [5.74, 6) is -0.231. The number of nitrogens with zero attached hydrogens (tertiary/aromatic N) is 4. The molecule has 2 aromatic heterocycles. The van der Waals surface area contributed by atoms with Crippen molar-refractivity contribution in [1.82, 2.24) is 25.1 Å². The molecule has 1 amide bonds. The van der Waals surface area contributed by atoms with Gasteiger partial charge in [0.25, 0.3) is 5.91 Å². The van der Waals surface area contributed by atoms with E-state index in [1.807, 2.05) is 0 Å². The highest BCUT2D eigenvalue weighted by Gasteiger charge is 2.10. The summed E-state index contributed by atoms with van der Waals surface area (Å²) in [5, 5.41) is 8.67. The van der Waals surface area contributed by atoms with Crippen molar-refractivity contribution in [2.45, 2.75) is 6.92 Å². The van der Waals surface area contributed by atoms with Gasteiger partial charge in [-0.25, -0.2) is 10.1 Å². The number of ether oxygens (including phenoxy) is 1. The van der Waals surface area contributed by atoms with E-state index in [9.17, 15) is 4.79 Å². The molecule has 2 heterocycles. The Labute approximate surface area is 96.5 Å². The van der Waals surface area contributed by atoms with E-state index in [-0.39, 0.29) is 17.7 Å². The summed E-state index contributed by atoms with van der Waals surface area (Å²) >= 11 is 0. The number of H-pyrrole nitrogens is 1. The minimum absolute atomic E-state index is 0.148. The quantitative estimate of drug-likeness (QED) is 0.783. The molecule has 0 bridgehead atoms. The first kappa shape index (κ1) is 11.0. The maximum Gasteiger partial charge on any atom is 0.336 e. The third-order valence-electron chi connectivity index (χ3n) is 1.89. The van der Waals surface area contributed by atoms with Gasteiger partial charge in [0.2, 0.25) is 5.95 Å². The van der Waals surface area contributed by atoms with Gasteiger partial charge in [-0.05, 0) is 6.92 Å². The lowest BCUT2D eigenvalue weighted by Gasteiger charge is -1.99. The second kappa shape index (κ2) is 4.56. The van der Waals surface area contributed by atoms with Crippen molar-refractivity contribution in [3.8, 4) is 6.01 Å². The molecule has 2 rings (SSSR count). The van der Waals surface area contributed by atoms with E-state index >= 15 is 0 Å². The van der Waals surface area contributed by atoms with E-state index in [0.717, 1.165) is 5.69 Å². The maximum absolute atomic E-state index is 11.7. The molecule has 0 atom stereocenters. The van der Waals surface area contributed by atoms with Gasteiger partial charge in [0, 0.05) is 6.20 Å². The molecular weight excluding hydrogens is 224 g/mol. The van der Waals surface area contributed by atoms with Crippen molar-refractivity contribution < 1.29 is 9.53 Å². The molecule has 0 aliphatic carbocycles. The Bertz CT molecular complexity index is 521. The molecule has 0 radical (unpaired) electrons. The smallest absolute Gasteiger partial charge is 0.336 e. The number of aromatic amines is 1. The molecule has 0 aliphatic rings. The number of carbonyl (C=O) groups excluding carboxylic acids is 1. The summed E-state index contributed by atoms with van der Waals surface area (Å²) in [6, 6.07) is 0.148. The minimum Gasteiger partial charge on any atom is -0.466 e.